The van der Waals surface area contributed by atoms with Gasteiger partial charge in [0.2, 0.25) is 0 Å². The van der Waals surface area contributed by atoms with Crippen molar-refractivity contribution < 1.29 is 9.53 Å². The third kappa shape index (κ3) is 1.93. The van der Waals surface area contributed by atoms with Gasteiger partial charge in [-0.05, 0) is 25.0 Å². The highest BCUT2D eigenvalue weighted by Crippen LogP contribution is 2.37. The van der Waals surface area contributed by atoms with Crippen LogP contribution in [0, 0.1) is 0 Å². The second-order valence-corrected chi connectivity index (χ2v) is 4.87. The van der Waals surface area contributed by atoms with Gasteiger partial charge in [0.25, 0.3) is 0 Å². The molecule has 1 fully saturated rings. The first-order valence-corrected chi connectivity index (χ1v) is 6.42. The van der Waals surface area contributed by atoms with Crippen molar-refractivity contribution >= 4 is 23.4 Å². The highest BCUT2D eigenvalue weighted by Gasteiger charge is 2.22. The van der Waals surface area contributed by atoms with Crippen molar-refractivity contribution in [3.8, 4) is 0 Å². The molecule has 0 atom stereocenters. The van der Waals surface area contributed by atoms with Gasteiger partial charge in [0.1, 0.15) is 0 Å². The standard InChI is InChI=1S/C15H16N2O2/c1-17-7-3-4-14(17)12-9-16-13-8-10(15(18)19-2)5-6-11(12)13/h5-6,8-9H,3-4,7H2,1-2H3/b14-12+. The molecule has 4 nitrogen and oxygen atoms in total. The Balaban J connectivity index is 2.03. The summed E-state index contributed by atoms with van der Waals surface area (Å²) in [5, 5.41) is 0. The van der Waals surface area contributed by atoms with E-state index < -0.39 is 0 Å². The minimum atomic E-state index is -0.322. The number of allylic oxidation sites excluding steroid dienone is 2. The quantitative estimate of drug-likeness (QED) is 0.725. The van der Waals surface area contributed by atoms with Gasteiger partial charge in [-0.25, -0.2) is 4.79 Å². The predicted octanol–water partition coefficient (Wildman–Crippen LogP) is 2.63. The number of rotatable bonds is 1. The summed E-state index contributed by atoms with van der Waals surface area (Å²) < 4.78 is 4.73. The van der Waals surface area contributed by atoms with E-state index in [2.05, 4.69) is 16.9 Å². The van der Waals surface area contributed by atoms with Crippen molar-refractivity contribution in [2.24, 2.45) is 4.99 Å². The molecule has 0 bridgehead atoms. The maximum absolute atomic E-state index is 11.5. The molecule has 0 radical (unpaired) electrons. The van der Waals surface area contributed by atoms with Gasteiger partial charge in [0.05, 0.1) is 18.4 Å². The lowest BCUT2D eigenvalue weighted by atomic mass is 10.0. The number of benzene rings is 1. The lowest BCUT2D eigenvalue weighted by molar-refractivity contribution is 0.0601. The third-order valence-electron chi connectivity index (χ3n) is 3.72. The van der Waals surface area contributed by atoms with Crippen LogP contribution in [0.1, 0.15) is 28.8 Å². The van der Waals surface area contributed by atoms with E-state index in [-0.39, 0.29) is 5.97 Å². The Morgan fingerprint density at radius 3 is 2.95 bits per heavy atom. The van der Waals surface area contributed by atoms with Gasteiger partial charge in [-0.15, -0.1) is 0 Å². The second kappa shape index (κ2) is 4.53. The fourth-order valence-corrected chi connectivity index (χ4v) is 2.69. The Bertz CT molecular complexity index is 602. The normalized spacial score (nSPS) is 20.8. The number of ether oxygens (including phenoxy) is 1. The molecule has 4 heteroatoms. The molecule has 19 heavy (non-hydrogen) atoms. The van der Waals surface area contributed by atoms with Crippen LogP contribution in [0.15, 0.2) is 28.9 Å². The molecule has 0 aliphatic carbocycles. The number of aliphatic imine (C=N–C) groups is 1. The number of fused-ring (bicyclic) bond motifs is 1. The molecule has 1 aromatic carbocycles. The van der Waals surface area contributed by atoms with Crippen LogP contribution in [0.3, 0.4) is 0 Å². The van der Waals surface area contributed by atoms with Crippen molar-refractivity contribution in [3.05, 3.63) is 35.0 Å². The first-order chi connectivity index (χ1) is 9.20. The average Bonchev–Trinajstić information content (AvgIpc) is 3.02. The van der Waals surface area contributed by atoms with Crippen molar-refractivity contribution in [2.75, 3.05) is 20.7 Å². The number of esters is 1. The van der Waals surface area contributed by atoms with E-state index >= 15 is 0 Å². The smallest absolute Gasteiger partial charge is 0.337 e. The predicted molar refractivity (Wildman–Crippen MR) is 74.7 cm³/mol. The van der Waals surface area contributed by atoms with Crippen LogP contribution in [-0.2, 0) is 4.74 Å². The number of carbonyl (C=O) groups is 1. The zero-order valence-electron chi connectivity index (χ0n) is 11.1. The highest BCUT2D eigenvalue weighted by atomic mass is 16.5. The van der Waals surface area contributed by atoms with E-state index in [0.717, 1.165) is 24.2 Å². The van der Waals surface area contributed by atoms with Crippen LogP contribution in [0.4, 0.5) is 5.69 Å². The van der Waals surface area contributed by atoms with Gasteiger partial charge in [-0.1, -0.05) is 6.07 Å². The van der Waals surface area contributed by atoms with E-state index in [9.17, 15) is 4.79 Å². The summed E-state index contributed by atoms with van der Waals surface area (Å²) in [5.74, 6) is -0.322. The number of likely N-dealkylation sites (tertiary alicyclic amines) is 1. The monoisotopic (exact) mass is 256 g/mol. The lowest BCUT2D eigenvalue weighted by Gasteiger charge is -2.15. The number of nitrogens with zero attached hydrogens (tertiary/aromatic N) is 2. The van der Waals surface area contributed by atoms with Crippen LogP contribution in [0.25, 0.3) is 5.57 Å². The summed E-state index contributed by atoms with van der Waals surface area (Å²) in [6, 6.07) is 5.55. The molecule has 1 saturated heterocycles. The molecule has 0 aromatic heterocycles. The van der Waals surface area contributed by atoms with E-state index in [1.807, 2.05) is 12.3 Å². The Morgan fingerprint density at radius 2 is 2.26 bits per heavy atom. The molecule has 1 aromatic rings. The van der Waals surface area contributed by atoms with Crippen molar-refractivity contribution in [2.45, 2.75) is 12.8 Å². The Kier molecular flexibility index (Phi) is 2.85. The minimum absolute atomic E-state index is 0.322. The molecular formula is C15H16N2O2. The number of methoxy groups -OCH3 is 1. The summed E-state index contributed by atoms with van der Waals surface area (Å²) in [7, 11) is 3.50. The molecular weight excluding hydrogens is 240 g/mol. The average molecular weight is 256 g/mol. The first-order valence-electron chi connectivity index (χ1n) is 6.42. The summed E-state index contributed by atoms with van der Waals surface area (Å²) in [4.78, 5) is 18.2. The zero-order chi connectivity index (χ0) is 13.4. The van der Waals surface area contributed by atoms with E-state index in [0.29, 0.717) is 5.56 Å². The van der Waals surface area contributed by atoms with Gasteiger partial charge >= 0.3 is 5.97 Å². The summed E-state index contributed by atoms with van der Waals surface area (Å²) in [6.45, 7) is 1.10. The number of hydrogen-bond acceptors (Lipinski definition) is 4. The largest absolute Gasteiger partial charge is 0.465 e. The highest BCUT2D eigenvalue weighted by molar-refractivity contribution is 6.17. The fraction of sp³-hybridized carbons (Fsp3) is 0.333. The van der Waals surface area contributed by atoms with Crippen LogP contribution >= 0.6 is 0 Å². The Hall–Kier alpha value is -2.10. The molecule has 0 unspecified atom stereocenters. The van der Waals surface area contributed by atoms with E-state index in [1.165, 1.54) is 24.8 Å². The zero-order valence-corrected chi connectivity index (χ0v) is 11.1. The summed E-state index contributed by atoms with van der Waals surface area (Å²) in [5.41, 5.74) is 5.03. The maximum Gasteiger partial charge on any atom is 0.337 e. The van der Waals surface area contributed by atoms with E-state index in [1.54, 1.807) is 12.1 Å². The van der Waals surface area contributed by atoms with Crippen molar-refractivity contribution in [3.63, 3.8) is 0 Å². The van der Waals surface area contributed by atoms with Gasteiger partial charge < -0.3 is 9.64 Å². The van der Waals surface area contributed by atoms with Crippen LogP contribution in [-0.4, -0.2) is 37.8 Å². The van der Waals surface area contributed by atoms with Crippen LogP contribution in [0.5, 0.6) is 0 Å². The van der Waals surface area contributed by atoms with Crippen molar-refractivity contribution in [1.29, 1.82) is 0 Å². The topological polar surface area (TPSA) is 41.9 Å². The SMILES string of the molecule is COC(=O)c1ccc2c(c1)N=C/C2=C1/CCCN1C. The molecule has 2 aliphatic heterocycles. The maximum atomic E-state index is 11.5. The molecule has 0 spiro atoms. The molecule has 2 heterocycles. The van der Waals surface area contributed by atoms with Gasteiger partial charge in [-0.3, -0.25) is 4.99 Å². The van der Waals surface area contributed by atoms with Gasteiger partial charge in [0.15, 0.2) is 0 Å². The Labute approximate surface area is 112 Å². The molecule has 3 rings (SSSR count). The molecule has 0 saturated carbocycles. The third-order valence-corrected chi connectivity index (χ3v) is 3.72. The fourth-order valence-electron chi connectivity index (χ4n) is 2.69. The van der Waals surface area contributed by atoms with Crippen LogP contribution in [0.2, 0.25) is 0 Å². The molecule has 0 amide bonds. The van der Waals surface area contributed by atoms with Crippen LogP contribution < -0.4 is 0 Å². The number of carbonyl (C=O) groups excluding carboxylic acids is 1. The van der Waals surface area contributed by atoms with Gasteiger partial charge in [0, 0.05) is 36.6 Å². The summed E-state index contributed by atoms with van der Waals surface area (Å²) >= 11 is 0. The number of hydrogen-bond donors (Lipinski definition) is 0. The minimum Gasteiger partial charge on any atom is -0.465 e. The lowest BCUT2D eigenvalue weighted by Crippen LogP contribution is -2.11. The molecule has 98 valence electrons. The van der Waals surface area contributed by atoms with Crippen molar-refractivity contribution in [1.82, 2.24) is 4.90 Å². The van der Waals surface area contributed by atoms with Gasteiger partial charge in [-0.2, -0.15) is 0 Å². The first kappa shape index (κ1) is 12.0. The van der Waals surface area contributed by atoms with E-state index in [4.69, 9.17) is 4.74 Å². The second-order valence-electron chi connectivity index (χ2n) is 4.87. The Morgan fingerprint density at radius 1 is 1.42 bits per heavy atom. The summed E-state index contributed by atoms with van der Waals surface area (Å²) in [6.07, 6.45) is 4.19. The molecule has 0 N–H and O–H groups in total. The molecule has 2 aliphatic rings.